The predicted octanol–water partition coefficient (Wildman–Crippen LogP) is 2.92. The molecule has 1 amide bonds. The number of nitrogens with zero attached hydrogens (tertiary/aromatic N) is 2. The van der Waals surface area contributed by atoms with Crippen LogP contribution in [0.3, 0.4) is 0 Å². The monoisotopic (exact) mass is 415 g/mol. The van der Waals surface area contributed by atoms with Crippen molar-refractivity contribution in [3.63, 3.8) is 0 Å². The van der Waals surface area contributed by atoms with Crippen LogP contribution in [0.5, 0.6) is 0 Å². The third kappa shape index (κ3) is 5.46. The lowest BCUT2D eigenvalue weighted by Crippen LogP contribution is -2.36. The summed E-state index contributed by atoms with van der Waals surface area (Å²) in [4.78, 5) is 15.0. The predicted molar refractivity (Wildman–Crippen MR) is 108 cm³/mol. The molecule has 1 fully saturated rings. The van der Waals surface area contributed by atoms with E-state index >= 15 is 0 Å². The summed E-state index contributed by atoms with van der Waals surface area (Å²) in [7, 11) is -3.44. The van der Waals surface area contributed by atoms with Crippen LogP contribution in [0, 0.1) is 11.3 Å². The zero-order valence-electron chi connectivity index (χ0n) is 16.2. The number of nitrogens with one attached hydrogen (secondary N) is 1. The van der Waals surface area contributed by atoms with Gasteiger partial charge in [0.2, 0.25) is 0 Å². The van der Waals surface area contributed by atoms with Gasteiger partial charge in [-0.15, -0.1) is 0 Å². The van der Waals surface area contributed by atoms with E-state index in [4.69, 9.17) is 9.68 Å². The Morgan fingerprint density at radius 1 is 1.21 bits per heavy atom. The topological polar surface area (TPSA) is 103 Å². The van der Waals surface area contributed by atoms with Crippen LogP contribution in [0.15, 0.2) is 52.0 Å². The van der Waals surface area contributed by atoms with Crippen molar-refractivity contribution in [2.75, 3.05) is 25.4 Å². The highest BCUT2D eigenvalue weighted by Gasteiger charge is 2.26. The van der Waals surface area contributed by atoms with Crippen LogP contribution >= 0.6 is 0 Å². The fourth-order valence-corrected chi connectivity index (χ4v) is 4.82. The van der Waals surface area contributed by atoms with Crippen LogP contribution in [0.1, 0.15) is 47.8 Å². The molecule has 7 nitrogen and oxygen atoms in total. The molecule has 0 bridgehead atoms. The first-order chi connectivity index (χ1) is 14.0. The van der Waals surface area contributed by atoms with Crippen LogP contribution in [-0.2, 0) is 9.84 Å². The fourth-order valence-electron chi connectivity index (χ4n) is 3.51. The van der Waals surface area contributed by atoms with Crippen LogP contribution in [-0.4, -0.2) is 44.6 Å². The van der Waals surface area contributed by atoms with Gasteiger partial charge in [0.15, 0.2) is 9.84 Å². The smallest absolute Gasteiger partial charge is 0.251 e. The SMILES string of the molecule is N#CCCCS(=O)(=O)c1ccc(C(=O)NCC(c2ccco2)N2CCCC2)cc1. The molecule has 2 aromatic rings. The van der Waals surface area contributed by atoms with Gasteiger partial charge in [0.1, 0.15) is 5.76 Å². The number of furan rings is 1. The Kier molecular flexibility index (Phi) is 7.07. The Labute approximate surface area is 171 Å². The zero-order valence-corrected chi connectivity index (χ0v) is 17.0. The number of carbonyl (C=O) groups excluding carboxylic acids is 1. The molecule has 1 aromatic carbocycles. The van der Waals surface area contributed by atoms with E-state index in [9.17, 15) is 13.2 Å². The Morgan fingerprint density at radius 2 is 1.93 bits per heavy atom. The molecule has 2 heterocycles. The second kappa shape index (κ2) is 9.72. The van der Waals surface area contributed by atoms with Gasteiger partial charge in [0.25, 0.3) is 5.91 Å². The molecule has 0 spiro atoms. The minimum Gasteiger partial charge on any atom is -0.468 e. The summed E-state index contributed by atoms with van der Waals surface area (Å²) in [5.74, 6) is 0.493. The maximum Gasteiger partial charge on any atom is 0.251 e. The lowest BCUT2D eigenvalue weighted by atomic mass is 10.1. The molecule has 1 atom stereocenters. The summed E-state index contributed by atoms with van der Waals surface area (Å²) in [5, 5.41) is 11.5. The van der Waals surface area contributed by atoms with Gasteiger partial charge in [-0.1, -0.05) is 0 Å². The Balaban J connectivity index is 1.62. The summed E-state index contributed by atoms with van der Waals surface area (Å²) in [6.07, 6.45) is 4.40. The average Bonchev–Trinajstić information content (AvgIpc) is 3.43. The lowest BCUT2D eigenvalue weighted by molar-refractivity contribution is 0.0933. The largest absolute Gasteiger partial charge is 0.468 e. The molecule has 0 aliphatic carbocycles. The van der Waals surface area contributed by atoms with Crippen molar-refractivity contribution in [3.8, 4) is 6.07 Å². The normalized spacial score (nSPS) is 15.7. The van der Waals surface area contributed by atoms with E-state index in [-0.39, 0.29) is 29.0 Å². The van der Waals surface area contributed by atoms with E-state index in [0.29, 0.717) is 18.5 Å². The molecule has 29 heavy (non-hydrogen) atoms. The zero-order chi connectivity index (χ0) is 20.7. The van der Waals surface area contributed by atoms with E-state index in [1.165, 1.54) is 24.3 Å². The molecule has 0 radical (unpaired) electrons. The van der Waals surface area contributed by atoms with E-state index in [2.05, 4.69) is 10.2 Å². The van der Waals surface area contributed by atoms with E-state index < -0.39 is 9.84 Å². The summed E-state index contributed by atoms with van der Waals surface area (Å²) in [5.41, 5.74) is 0.403. The highest BCUT2D eigenvalue weighted by molar-refractivity contribution is 7.91. The number of sulfone groups is 1. The van der Waals surface area contributed by atoms with Crippen LogP contribution in [0.2, 0.25) is 0 Å². The van der Waals surface area contributed by atoms with Crippen molar-refractivity contribution in [1.82, 2.24) is 10.2 Å². The molecular formula is C21H25N3O4S. The van der Waals surface area contributed by atoms with Crippen LogP contribution in [0.4, 0.5) is 0 Å². The molecule has 3 rings (SSSR count). The second-order valence-electron chi connectivity index (χ2n) is 7.09. The van der Waals surface area contributed by atoms with Crippen molar-refractivity contribution in [1.29, 1.82) is 5.26 Å². The number of hydrogen-bond donors (Lipinski definition) is 1. The van der Waals surface area contributed by atoms with E-state index in [1.807, 2.05) is 18.2 Å². The van der Waals surface area contributed by atoms with Gasteiger partial charge >= 0.3 is 0 Å². The van der Waals surface area contributed by atoms with E-state index in [1.54, 1.807) is 6.26 Å². The molecule has 1 aliphatic heterocycles. The molecule has 1 saturated heterocycles. The molecule has 0 saturated carbocycles. The van der Waals surface area contributed by atoms with Gasteiger partial charge in [-0.2, -0.15) is 5.26 Å². The quantitative estimate of drug-likeness (QED) is 0.632. The van der Waals surface area contributed by atoms with Crippen molar-refractivity contribution < 1.29 is 17.6 Å². The first-order valence-electron chi connectivity index (χ1n) is 9.77. The molecule has 154 valence electrons. The number of benzene rings is 1. The molecule has 1 aliphatic rings. The van der Waals surface area contributed by atoms with Gasteiger partial charge in [-0.3, -0.25) is 9.69 Å². The minimum absolute atomic E-state index is 0.0174. The van der Waals surface area contributed by atoms with Crippen molar-refractivity contribution in [2.45, 2.75) is 36.6 Å². The average molecular weight is 416 g/mol. The third-order valence-corrected chi connectivity index (χ3v) is 6.90. The number of nitriles is 1. The van der Waals surface area contributed by atoms with Gasteiger partial charge in [0, 0.05) is 18.5 Å². The summed E-state index contributed by atoms with van der Waals surface area (Å²) < 4.78 is 30.1. The number of likely N-dealkylation sites (tertiary alicyclic amines) is 1. The molecular weight excluding hydrogens is 390 g/mol. The van der Waals surface area contributed by atoms with Crippen LogP contribution in [0.25, 0.3) is 0 Å². The van der Waals surface area contributed by atoms with Crippen LogP contribution < -0.4 is 5.32 Å². The van der Waals surface area contributed by atoms with Gasteiger partial charge < -0.3 is 9.73 Å². The Bertz CT molecular complexity index is 941. The highest BCUT2D eigenvalue weighted by atomic mass is 32.2. The van der Waals surface area contributed by atoms with E-state index in [0.717, 1.165) is 31.7 Å². The standard InChI is InChI=1S/C21H25N3O4S/c22-11-1-4-15-29(26,27)18-9-7-17(8-10-18)21(25)23-16-19(20-6-5-14-28-20)24-12-2-3-13-24/h5-10,14,19H,1-4,12-13,15-16H2,(H,23,25). The van der Waals surface area contributed by atoms with Crippen molar-refractivity contribution in [2.24, 2.45) is 0 Å². The second-order valence-corrected chi connectivity index (χ2v) is 9.20. The maximum absolute atomic E-state index is 12.6. The Morgan fingerprint density at radius 3 is 2.55 bits per heavy atom. The first kappa shape index (κ1) is 21.1. The Hall–Kier alpha value is -2.63. The number of unbranched alkanes of at least 4 members (excludes halogenated alkanes) is 1. The maximum atomic E-state index is 12.6. The first-order valence-corrected chi connectivity index (χ1v) is 11.4. The third-order valence-electron chi connectivity index (χ3n) is 5.09. The number of carbonyl (C=O) groups is 1. The summed E-state index contributed by atoms with van der Waals surface area (Å²) in [6.45, 7) is 2.36. The van der Waals surface area contributed by atoms with Crippen molar-refractivity contribution in [3.05, 3.63) is 54.0 Å². The molecule has 1 unspecified atom stereocenters. The summed E-state index contributed by atoms with van der Waals surface area (Å²) in [6, 6.07) is 11.6. The van der Waals surface area contributed by atoms with Gasteiger partial charge in [-0.05, 0) is 68.8 Å². The van der Waals surface area contributed by atoms with Gasteiger partial charge in [0.05, 0.1) is 29.0 Å². The number of hydrogen-bond acceptors (Lipinski definition) is 6. The summed E-state index contributed by atoms with van der Waals surface area (Å²) >= 11 is 0. The van der Waals surface area contributed by atoms with Crippen molar-refractivity contribution >= 4 is 15.7 Å². The number of amides is 1. The molecule has 1 N–H and O–H groups in total. The fraction of sp³-hybridized carbons (Fsp3) is 0.429. The van der Waals surface area contributed by atoms with Gasteiger partial charge in [-0.25, -0.2) is 8.42 Å². The molecule has 8 heteroatoms. The molecule has 1 aromatic heterocycles. The highest BCUT2D eigenvalue weighted by Crippen LogP contribution is 2.25. The minimum atomic E-state index is -3.44. The number of rotatable bonds is 9. The lowest BCUT2D eigenvalue weighted by Gasteiger charge is -2.26.